The van der Waals surface area contributed by atoms with Crippen molar-refractivity contribution in [3.05, 3.63) is 0 Å². The van der Waals surface area contributed by atoms with Crippen LogP contribution in [0.25, 0.3) is 0 Å². The minimum Gasteiger partial charge on any atom is -0.353 e. The predicted molar refractivity (Wildman–Crippen MR) is 77.8 cm³/mol. The maximum Gasteiger partial charge on any atom is 0.237 e. The number of rotatable bonds is 4. The molecule has 1 aliphatic carbocycles. The van der Waals surface area contributed by atoms with E-state index in [1.807, 2.05) is 0 Å². The Kier molecular flexibility index (Phi) is 5.22. The summed E-state index contributed by atoms with van der Waals surface area (Å²) in [6.45, 7) is 6.93. The molecule has 1 aliphatic heterocycles. The summed E-state index contributed by atoms with van der Waals surface area (Å²) in [5, 5.41) is 3.00. The quantitative estimate of drug-likeness (QED) is 0.808. The van der Waals surface area contributed by atoms with Crippen molar-refractivity contribution in [1.29, 1.82) is 0 Å². The van der Waals surface area contributed by atoms with E-state index in [1.165, 1.54) is 25.7 Å². The predicted octanol–water partition coefficient (Wildman–Crippen LogP) is 1.35. The summed E-state index contributed by atoms with van der Waals surface area (Å²) in [4.78, 5) is 14.5. The molecule has 0 spiro atoms. The maximum atomic E-state index is 12.0. The van der Waals surface area contributed by atoms with Gasteiger partial charge in [0.15, 0.2) is 0 Å². The average molecular weight is 267 g/mol. The van der Waals surface area contributed by atoms with Crippen LogP contribution in [0, 0.1) is 11.8 Å². The zero-order chi connectivity index (χ0) is 13.8. The zero-order valence-electron chi connectivity index (χ0n) is 12.4. The first-order valence-electron chi connectivity index (χ1n) is 7.94. The van der Waals surface area contributed by atoms with E-state index >= 15 is 0 Å². The van der Waals surface area contributed by atoms with E-state index in [9.17, 15) is 4.79 Å². The van der Waals surface area contributed by atoms with Gasteiger partial charge in [-0.05, 0) is 37.6 Å². The van der Waals surface area contributed by atoms with Crippen LogP contribution in [0.15, 0.2) is 0 Å². The van der Waals surface area contributed by atoms with Crippen molar-refractivity contribution in [1.82, 2.24) is 10.2 Å². The molecule has 19 heavy (non-hydrogen) atoms. The van der Waals surface area contributed by atoms with Crippen LogP contribution in [0.3, 0.4) is 0 Å². The third kappa shape index (κ3) is 3.11. The minimum atomic E-state index is 0.0587. The second kappa shape index (κ2) is 6.71. The molecular weight excluding hydrogens is 238 g/mol. The highest BCUT2D eigenvalue weighted by molar-refractivity contribution is 5.82. The highest BCUT2D eigenvalue weighted by Crippen LogP contribution is 2.35. The summed E-state index contributed by atoms with van der Waals surface area (Å²) < 4.78 is 0. The molecule has 1 amide bonds. The molecule has 0 aromatic carbocycles. The summed E-state index contributed by atoms with van der Waals surface area (Å²) in [7, 11) is 0. The van der Waals surface area contributed by atoms with Crippen molar-refractivity contribution < 1.29 is 4.79 Å². The monoisotopic (exact) mass is 267 g/mol. The largest absolute Gasteiger partial charge is 0.353 e. The lowest BCUT2D eigenvalue weighted by atomic mass is 9.76. The van der Waals surface area contributed by atoms with Crippen molar-refractivity contribution in [2.45, 2.75) is 58.0 Å². The molecule has 0 aromatic rings. The molecule has 2 rings (SSSR count). The lowest BCUT2D eigenvalue weighted by Crippen LogP contribution is -2.61. The van der Waals surface area contributed by atoms with Crippen molar-refractivity contribution in [2.24, 2.45) is 17.6 Å². The van der Waals surface area contributed by atoms with Gasteiger partial charge in [-0.3, -0.25) is 9.69 Å². The first-order valence-corrected chi connectivity index (χ1v) is 7.94. The van der Waals surface area contributed by atoms with Crippen LogP contribution < -0.4 is 11.1 Å². The van der Waals surface area contributed by atoms with E-state index in [0.29, 0.717) is 12.0 Å². The number of hydrogen-bond acceptors (Lipinski definition) is 3. The standard InChI is InChI=1S/C15H29N3O/c1-3-11-5-6-12(10-16)14(9-11)18-8-7-17-15(19)13(18)4-2/h11-14H,3-10,16H2,1-2H3,(H,17,19). The van der Waals surface area contributed by atoms with Crippen molar-refractivity contribution >= 4 is 5.91 Å². The molecule has 4 nitrogen and oxygen atoms in total. The normalized spacial score (nSPS) is 37.1. The number of carbonyl (C=O) groups excluding carboxylic acids is 1. The van der Waals surface area contributed by atoms with Crippen molar-refractivity contribution in [2.75, 3.05) is 19.6 Å². The molecule has 3 N–H and O–H groups in total. The van der Waals surface area contributed by atoms with Crippen molar-refractivity contribution in [3.63, 3.8) is 0 Å². The van der Waals surface area contributed by atoms with Crippen LogP contribution in [-0.4, -0.2) is 42.5 Å². The van der Waals surface area contributed by atoms with Gasteiger partial charge < -0.3 is 11.1 Å². The number of piperazine rings is 1. The molecule has 1 heterocycles. The number of hydrogen-bond donors (Lipinski definition) is 2. The summed E-state index contributed by atoms with van der Waals surface area (Å²) in [5.41, 5.74) is 5.98. The molecule has 0 radical (unpaired) electrons. The van der Waals surface area contributed by atoms with Gasteiger partial charge in [0, 0.05) is 19.1 Å². The van der Waals surface area contributed by atoms with E-state index in [-0.39, 0.29) is 11.9 Å². The van der Waals surface area contributed by atoms with Gasteiger partial charge in [0.25, 0.3) is 0 Å². The van der Waals surface area contributed by atoms with Gasteiger partial charge in [-0.1, -0.05) is 26.7 Å². The Balaban J connectivity index is 2.12. The lowest BCUT2D eigenvalue weighted by Gasteiger charge is -2.47. The Bertz CT molecular complexity index is 308. The van der Waals surface area contributed by atoms with E-state index in [2.05, 4.69) is 24.1 Å². The molecule has 4 unspecified atom stereocenters. The molecule has 4 atom stereocenters. The van der Waals surface area contributed by atoms with E-state index < -0.39 is 0 Å². The Morgan fingerprint density at radius 3 is 2.74 bits per heavy atom. The number of carbonyl (C=O) groups is 1. The lowest BCUT2D eigenvalue weighted by molar-refractivity contribution is -0.132. The van der Waals surface area contributed by atoms with Gasteiger partial charge in [0.05, 0.1) is 6.04 Å². The molecule has 1 saturated heterocycles. The van der Waals surface area contributed by atoms with Gasteiger partial charge in [-0.2, -0.15) is 0 Å². The van der Waals surface area contributed by atoms with Crippen LogP contribution in [0.2, 0.25) is 0 Å². The number of amides is 1. The second-order valence-corrected chi connectivity index (χ2v) is 6.10. The third-order valence-electron chi connectivity index (χ3n) is 5.13. The van der Waals surface area contributed by atoms with Gasteiger partial charge in [0.1, 0.15) is 0 Å². The zero-order valence-corrected chi connectivity index (χ0v) is 12.4. The Hall–Kier alpha value is -0.610. The Morgan fingerprint density at radius 1 is 1.32 bits per heavy atom. The third-order valence-corrected chi connectivity index (χ3v) is 5.13. The van der Waals surface area contributed by atoms with Gasteiger partial charge in [0.2, 0.25) is 5.91 Å². The molecule has 0 bridgehead atoms. The fraction of sp³-hybridized carbons (Fsp3) is 0.933. The van der Waals surface area contributed by atoms with Gasteiger partial charge in [-0.25, -0.2) is 0 Å². The van der Waals surface area contributed by atoms with E-state index in [4.69, 9.17) is 5.73 Å². The SMILES string of the molecule is CCC1CCC(CN)C(N2CCNC(=O)C2CC)C1. The average Bonchev–Trinajstić information content (AvgIpc) is 2.46. The molecule has 4 heteroatoms. The molecule has 2 fully saturated rings. The molecule has 2 aliphatic rings. The molecule has 0 aromatic heterocycles. The van der Waals surface area contributed by atoms with Crippen LogP contribution >= 0.6 is 0 Å². The maximum absolute atomic E-state index is 12.0. The summed E-state index contributed by atoms with van der Waals surface area (Å²) >= 11 is 0. The number of nitrogens with two attached hydrogens (primary N) is 1. The minimum absolute atomic E-state index is 0.0587. The van der Waals surface area contributed by atoms with Gasteiger partial charge >= 0.3 is 0 Å². The molecule has 110 valence electrons. The van der Waals surface area contributed by atoms with E-state index in [0.717, 1.165) is 32.0 Å². The first kappa shape index (κ1) is 14.8. The number of nitrogens with one attached hydrogen (secondary N) is 1. The highest BCUT2D eigenvalue weighted by Gasteiger charge is 2.39. The van der Waals surface area contributed by atoms with Crippen molar-refractivity contribution in [3.8, 4) is 0 Å². The van der Waals surface area contributed by atoms with Gasteiger partial charge in [-0.15, -0.1) is 0 Å². The summed E-state index contributed by atoms with van der Waals surface area (Å²) in [6.07, 6.45) is 5.92. The second-order valence-electron chi connectivity index (χ2n) is 6.10. The first-order chi connectivity index (χ1) is 9.21. The van der Waals surface area contributed by atoms with Crippen LogP contribution in [-0.2, 0) is 4.79 Å². The molecular formula is C15H29N3O. The Morgan fingerprint density at radius 2 is 2.11 bits per heavy atom. The summed E-state index contributed by atoms with van der Waals surface area (Å²) in [6, 6.07) is 0.572. The molecule has 1 saturated carbocycles. The topological polar surface area (TPSA) is 58.4 Å². The van der Waals surface area contributed by atoms with Crippen LogP contribution in [0.1, 0.15) is 46.0 Å². The fourth-order valence-corrected chi connectivity index (χ4v) is 3.90. The summed E-state index contributed by atoms with van der Waals surface area (Å²) in [5.74, 6) is 1.60. The van der Waals surface area contributed by atoms with Crippen LogP contribution in [0.4, 0.5) is 0 Å². The van der Waals surface area contributed by atoms with Crippen LogP contribution in [0.5, 0.6) is 0 Å². The van der Waals surface area contributed by atoms with E-state index in [1.54, 1.807) is 0 Å². The number of nitrogens with zero attached hydrogens (tertiary/aromatic N) is 1. The Labute approximate surface area is 117 Å². The highest BCUT2D eigenvalue weighted by atomic mass is 16.2. The smallest absolute Gasteiger partial charge is 0.237 e. The fourth-order valence-electron chi connectivity index (χ4n) is 3.90.